The topological polar surface area (TPSA) is 12.0 Å². The van der Waals surface area contributed by atoms with Crippen molar-refractivity contribution in [2.45, 2.75) is 58.4 Å². The van der Waals surface area contributed by atoms with Crippen molar-refractivity contribution in [2.75, 3.05) is 5.32 Å². The van der Waals surface area contributed by atoms with Gasteiger partial charge in [-0.3, -0.25) is 0 Å². The van der Waals surface area contributed by atoms with Crippen LogP contribution in [0.15, 0.2) is 18.2 Å². The fourth-order valence-corrected chi connectivity index (χ4v) is 2.94. The Bertz CT molecular complexity index is 389. The van der Waals surface area contributed by atoms with E-state index in [0.717, 1.165) is 17.2 Å². The highest BCUT2D eigenvalue weighted by Gasteiger charge is 2.17. The molecule has 0 radical (unpaired) electrons. The van der Waals surface area contributed by atoms with Crippen LogP contribution < -0.4 is 5.32 Å². The second-order valence-corrected chi connectivity index (χ2v) is 5.58. The molecule has 1 aromatic rings. The Hall–Kier alpha value is -1.05. The molecule has 1 aliphatic rings. The zero-order chi connectivity index (χ0) is 13.0. The average molecular weight is 249 g/mol. The third kappa shape index (κ3) is 3.47. The van der Waals surface area contributed by atoms with Crippen LogP contribution >= 0.6 is 0 Å². The summed E-state index contributed by atoms with van der Waals surface area (Å²) in [4.78, 5) is 0. The Balaban J connectivity index is 1.96. The van der Waals surface area contributed by atoms with Gasteiger partial charge in [-0.05, 0) is 55.9 Å². The summed E-state index contributed by atoms with van der Waals surface area (Å²) in [5.41, 5.74) is 2.10. The first kappa shape index (κ1) is 13.4. The van der Waals surface area contributed by atoms with Gasteiger partial charge >= 0.3 is 0 Å². The molecule has 1 nitrogen and oxygen atoms in total. The fourth-order valence-electron chi connectivity index (χ4n) is 2.94. The molecular weight excluding hydrogens is 225 g/mol. The van der Waals surface area contributed by atoms with Crippen LogP contribution in [0.1, 0.15) is 51.0 Å². The van der Waals surface area contributed by atoms with Crippen LogP contribution in [-0.2, 0) is 0 Å². The number of hydrogen-bond acceptors (Lipinski definition) is 1. The van der Waals surface area contributed by atoms with Gasteiger partial charge < -0.3 is 5.32 Å². The maximum atomic E-state index is 13.1. The minimum atomic E-state index is -0.148. The maximum Gasteiger partial charge on any atom is 0.123 e. The van der Waals surface area contributed by atoms with E-state index in [9.17, 15) is 4.39 Å². The normalized spacial score (nSPS) is 24.6. The number of benzene rings is 1. The summed E-state index contributed by atoms with van der Waals surface area (Å²) in [7, 11) is 0. The van der Waals surface area contributed by atoms with Gasteiger partial charge in [-0.25, -0.2) is 4.39 Å². The van der Waals surface area contributed by atoms with E-state index in [4.69, 9.17) is 0 Å². The summed E-state index contributed by atoms with van der Waals surface area (Å²) in [5.74, 6) is 0.760. The molecule has 1 aliphatic carbocycles. The second-order valence-electron chi connectivity index (χ2n) is 5.58. The quantitative estimate of drug-likeness (QED) is 0.751. The first-order valence-corrected chi connectivity index (χ1v) is 7.21. The predicted octanol–water partition coefficient (Wildman–Crippen LogP) is 4.90. The van der Waals surface area contributed by atoms with Crippen LogP contribution in [-0.4, -0.2) is 6.04 Å². The molecule has 1 aromatic carbocycles. The van der Waals surface area contributed by atoms with E-state index >= 15 is 0 Å². The lowest BCUT2D eigenvalue weighted by molar-refractivity contribution is 0.444. The van der Waals surface area contributed by atoms with E-state index in [0.29, 0.717) is 6.04 Å². The zero-order valence-corrected chi connectivity index (χ0v) is 11.5. The minimum absolute atomic E-state index is 0.148. The lowest BCUT2D eigenvalue weighted by Crippen LogP contribution is -2.19. The van der Waals surface area contributed by atoms with E-state index in [1.54, 1.807) is 12.1 Å². The number of hydrogen-bond donors (Lipinski definition) is 1. The molecule has 2 heteroatoms. The van der Waals surface area contributed by atoms with Crippen molar-refractivity contribution in [3.63, 3.8) is 0 Å². The van der Waals surface area contributed by atoms with E-state index in [1.807, 2.05) is 13.0 Å². The largest absolute Gasteiger partial charge is 0.382 e. The molecule has 1 saturated carbocycles. The summed E-state index contributed by atoms with van der Waals surface area (Å²) in [6.07, 6.45) is 7.81. The van der Waals surface area contributed by atoms with Crippen molar-refractivity contribution in [1.82, 2.24) is 0 Å². The van der Waals surface area contributed by atoms with E-state index in [2.05, 4.69) is 12.2 Å². The number of anilines is 1. The van der Waals surface area contributed by atoms with Crippen LogP contribution in [0.2, 0.25) is 0 Å². The van der Waals surface area contributed by atoms with Crippen LogP contribution in [0.5, 0.6) is 0 Å². The summed E-state index contributed by atoms with van der Waals surface area (Å²) >= 11 is 0. The SMILES string of the molecule is CCC1CCCC(Nc2ccc(F)cc2C)CC1. The summed E-state index contributed by atoms with van der Waals surface area (Å²) < 4.78 is 13.1. The van der Waals surface area contributed by atoms with Gasteiger partial charge in [0.05, 0.1) is 0 Å². The monoisotopic (exact) mass is 249 g/mol. The highest BCUT2D eigenvalue weighted by Crippen LogP contribution is 2.28. The summed E-state index contributed by atoms with van der Waals surface area (Å²) in [5, 5.41) is 3.59. The van der Waals surface area contributed by atoms with Crippen molar-refractivity contribution in [1.29, 1.82) is 0 Å². The molecule has 100 valence electrons. The van der Waals surface area contributed by atoms with E-state index in [-0.39, 0.29) is 5.82 Å². The lowest BCUT2D eigenvalue weighted by atomic mass is 9.98. The Morgan fingerprint density at radius 3 is 2.78 bits per heavy atom. The van der Waals surface area contributed by atoms with E-state index in [1.165, 1.54) is 38.5 Å². The molecular formula is C16H24FN. The molecule has 0 aromatic heterocycles. The van der Waals surface area contributed by atoms with Gasteiger partial charge in [0.2, 0.25) is 0 Å². The van der Waals surface area contributed by atoms with Crippen molar-refractivity contribution in [2.24, 2.45) is 5.92 Å². The van der Waals surface area contributed by atoms with Gasteiger partial charge in [-0.15, -0.1) is 0 Å². The highest BCUT2D eigenvalue weighted by molar-refractivity contribution is 5.51. The molecule has 0 aliphatic heterocycles. The Labute approximate surface area is 110 Å². The smallest absolute Gasteiger partial charge is 0.123 e. The first-order chi connectivity index (χ1) is 8.69. The van der Waals surface area contributed by atoms with Crippen molar-refractivity contribution < 1.29 is 4.39 Å². The Kier molecular flexibility index (Phi) is 4.62. The Morgan fingerprint density at radius 1 is 1.22 bits per heavy atom. The minimum Gasteiger partial charge on any atom is -0.382 e. The molecule has 0 saturated heterocycles. The van der Waals surface area contributed by atoms with Crippen LogP contribution in [0.25, 0.3) is 0 Å². The molecule has 1 N–H and O–H groups in total. The molecule has 0 spiro atoms. The van der Waals surface area contributed by atoms with Crippen LogP contribution in [0, 0.1) is 18.7 Å². The molecule has 1 fully saturated rings. The molecule has 2 rings (SSSR count). The van der Waals surface area contributed by atoms with Gasteiger partial charge in [0.25, 0.3) is 0 Å². The molecule has 18 heavy (non-hydrogen) atoms. The van der Waals surface area contributed by atoms with Crippen molar-refractivity contribution >= 4 is 5.69 Å². The summed E-state index contributed by atoms with van der Waals surface area (Å²) in [6, 6.07) is 5.58. The third-order valence-corrected chi connectivity index (χ3v) is 4.21. The number of aryl methyl sites for hydroxylation is 1. The van der Waals surface area contributed by atoms with Crippen molar-refractivity contribution in [3.8, 4) is 0 Å². The van der Waals surface area contributed by atoms with Gasteiger partial charge in [0, 0.05) is 11.7 Å². The summed E-state index contributed by atoms with van der Waals surface area (Å²) in [6.45, 7) is 4.26. The van der Waals surface area contributed by atoms with Crippen molar-refractivity contribution in [3.05, 3.63) is 29.6 Å². The van der Waals surface area contributed by atoms with Crippen LogP contribution in [0.4, 0.5) is 10.1 Å². The molecule has 2 atom stereocenters. The predicted molar refractivity (Wildman–Crippen MR) is 75.4 cm³/mol. The van der Waals surface area contributed by atoms with Crippen LogP contribution in [0.3, 0.4) is 0 Å². The third-order valence-electron chi connectivity index (χ3n) is 4.21. The second kappa shape index (κ2) is 6.21. The van der Waals surface area contributed by atoms with Gasteiger partial charge in [0.15, 0.2) is 0 Å². The zero-order valence-electron chi connectivity index (χ0n) is 11.5. The van der Waals surface area contributed by atoms with Gasteiger partial charge in [-0.2, -0.15) is 0 Å². The molecule has 0 heterocycles. The first-order valence-electron chi connectivity index (χ1n) is 7.21. The van der Waals surface area contributed by atoms with E-state index < -0.39 is 0 Å². The van der Waals surface area contributed by atoms with Gasteiger partial charge in [0.1, 0.15) is 5.82 Å². The standard InChI is InChI=1S/C16H24FN/c1-3-13-5-4-6-15(9-7-13)18-16-10-8-14(17)11-12(16)2/h8,10-11,13,15,18H,3-7,9H2,1-2H3. The Morgan fingerprint density at radius 2 is 2.06 bits per heavy atom. The maximum absolute atomic E-state index is 13.1. The molecule has 2 unspecified atom stereocenters. The number of halogens is 1. The highest BCUT2D eigenvalue weighted by atomic mass is 19.1. The van der Waals surface area contributed by atoms with Gasteiger partial charge in [-0.1, -0.05) is 26.2 Å². The number of rotatable bonds is 3. The fraction of sp³-hybridized carbons (Fsp3) is 0.625. The molecule has 0 bridgehead atoms. The lowest BCUT2D eigenvalue weighted by Gasteiger charge is -2.19. The average Bonchev–Trinajstić information content (AvgIpc) is 2.58. The number of nitrogens with one attached hydrogen (secondary N) is 1. The molecule has 0 amide bonds.